The third-order valence-corrected chi connectivity index (χ3v) is 6.87. The van der Waals surface area contributed by atoms with Gasteiger partial charge in [-0.15, -0.1) is 0 Å². The predicted octanol–water partition coefficient (Wildman–Crippen LogP) is 6.55. The summed E-state index contributed by atoms with van der Waals surface area (Å²) in [6, 6.07) is 21.6. The van der Waals surface area contributed by atoms with Crippen LogP contribution in [-0.4, -0.2) is 13.1 Å². The second-order valence-electron chi connectivity index (χ2n) is 9.66. The van der Waals surface area contributed by atoms with Gasteiger partial charge in [-0.3, -0.25) is 4.98 Å². The van der Waals surface area contributed by atoms with Crippen molar-refractivity contribution in [2.24, 2.45) is 5.41 Å². The number of rotatable bonds is 4. The molecule has 1 nitrogen and oxygen atoms in total. The van der Waals surface area contributed by atoms with Crippen LogP contribution in [0.25, 0.3) is 22.4 Å². The minimum Gasteiger partial charge on any atom is -0.256 e. The molecule has 0 amide bonds. The van der Waals surface area contributed by atoms with Gasteiger partial charge < -0.3 is 0 Å². The highest BCUT2D eigenvalue weighted by Crippen LogP contribution is 2.27. The molecule has 2 heteroatoms. The summed E-state index contributed by atoms with van der Waals surface area (Å²) in [5, 5.41) is 1.49. The van der Waals surface area contributed by atoms with Crippen LogP contribution in [0.2, 0.25) is 19.6 Å². The highest BCUT2D eigenvalue weighted by Gasteiger charge is 2.24. The molecule has 0 saturated heterocycles. The van der Waals surface area contributed by atoms with Gasteiger partial charge in [0.1, 0.15) is 0 Å². The minimum absolute atomic E-state index is 0.268. The molecule has 3 aromatic rings. The van der Waals surface area contributed by atoms with E-state index in [1.807, 2.05) is 0 Å². The molecule has 0 saturated carbocycles. The fourth-order valence-electron chi connectivity index (χ4n) is 3.51. The highest BCUT2D eigenvalue weighted by molar-refractivity contribution is 6.89. The SMILES string of the molecule is CC(C)(C)Cc1cc(-c2ccc(-c3ccccc3)cc2)ncc1[Si](C)(C)C. The lowest BCUT2D eigenvalue weighted by molar-refractivity contribution is 0.412. The molecule has 27 heavy (non-hydrogen) atoms. The molecule has 3 rings (SSSR count). The predicted molar refractivity (Wildman–Crippen MR) is 121 cm³/mol. The van der Waals surface area contributed by atoms with Crippen molar-refractivity contribution < 1.29 is 0 Å². The van der Waals surface area contributed by atoms with Crippen molar-refractivity contribution in [3.8, 4) is 22.4 Å². The Morgan fingerprint density at radius 3 is 1.89 bits per heavy atom. The number of hydrogen-bond donors (Lipinski definition) is 0. The average molecular weight is 374 g/mol. The van der Waals surface area contributed by atoms with Crippen LogP contribution in [0.4, 0.5) is 0 Å². The van der Waals surface area contributed by atoms with Crippen molar-refractivity contribution in [1.82, 2.24) is 4.98 Å². The van der Waals surface area contributed by atoms with Crippen molar-refractivity contribution in [3.63, 3.8) is 0 Å². The van der Waals surface area contributed by atoms with Crippen molar-refractivity contribution in [2.45, 2.75) is 46.8 Å². The number of pyridine rings is 1. The number of aromatic nitrogens is 1. The third kappa shape index (κ3) is 4.95. The molecule has 0 fully saturated rings. The van der Waals surface area contributed by atoms with Gasteiger partial charge in [0.15, 0.2) is 0 Å². The Bertz CT molecular complexity index is 898. The maximum atomic E-state index is 4.84. The standard InChI is InChI=1S/C25H31NSi/c1-25(2,3)17-22-16-23(26-18-24(22)27(4,5)6)21-14-12-20(13-15-21)19-10-8-7-9-11-19/h7-16,18H,17H2,1-6H3. The van der Waals surface area contributed by atoms with E-state index in [1.54, 1.807) is 0 Å². The summed E-state index contributed by atoms with van der Waals surface area (Å²) in [4.78, 5) is 4.84. The molecular weight excluding hydrogens is 342 g/mol. The molecule has 0 unspecified atom stereocenters. The normalized spacial score (nSPS) is 12.2. The van der Waals surface area contributed by atoms with Gasteiger partial charge in [0.2, 0.25) is 0 Å². The van der Waals surface area contributed by atoms with E-state index < -0.39 is 8.07 Å². The Kier molecular flexibility index (Phi) is 5.39. The lowest BCUT2D eigenvalue weighted by Gasteiger charge is -2.26. The van der Waals surface area contributed by atoms with Crippen LogP contribution >= 0.6 is 0 Å². The van der Waals surface area contributed by atoms with E-state index in [-0.39, 0.29) is 5.41 Å². The maximum Gasteiger partial charge on any atom is 0.0799 e. The van der Waals surface area contributed by atoms with Gasteiger partial charge >= 0.3 is 0 Å². The Balaban J connectivity index is 1.98. The second kappa shape index (κ2) is 7.44. The van der Waals surface area contributed by atoms with Gasteiger partial charge in [-0.25, -0.2) is 0 Å². The first-order valence-corrected chi connectivity index (χ1v) is 13.3. The highest BCUT2D eigenvalue weighted by atomic mass is 28.3. The smallest absolute Gasteiger partial charge is 0.0799 e. The second-order valence-corrected chi connectivity index (χ2v) is 14.7. The van der Waals surface area contributed by atoms with E-state index in [9.17, 15) is 0 Å². The first-order valence-electron chi connectivity index (χ1n) is 9.79. The minimum atomic E-state index is -1.42. The van der Waals surface area contributed by atoms with E-state index in [4.69, 9.17) is 4.98 Å². The van der Waals surface area contributed by atoms with E-state index >= 15 is 0 Å². The van der Waals surface area contributed by atoms with Crippen LogP contribution in [0.3, 0.4) is 0 Å². The topological polar surface area (TPSA) is 12.9 Å². The van der Waals surface area contributed by atoms with Crippen molar-refractivity contribution in [1.29, 1.82) is 0 Å². The van der Waals surface area contributed by atoms with E-state index in [0.717, 1.165) is 12.1 Å². The monoisotopic (exact) mass is 373 g/mol. The average Bonchev–Trinajstić information content (AvgIpc) is 2.60. The van der Waals surface area contributed by atoms with E-state index in [2.05, 4.69) is 107 Å². The summed E-state index contributed by atoms with van der Waals surface area (Å²) >= 11 is 0. The summed E-state index contributed by atoms with van der Waals surface area (Å²) in [7, 11) is -1.42. The summed E-state index contributed by atoms with van der Waals surface area (Å²) < 4.78 is 0. The number of benzene rings is 2. The molecule has 0 aliphatic heterocycles. The third-order valence-electron chi connectivity index (χ3n) is 4.81. The van der Waals surface area contributed by atoms with Gasteiger partial charge in [0.25, 0.3) is 0 Å². The molecular formula is C25H31NSi. The molecule has 0 spiro atoms. The Hall–Kier alpha value is -2.19. The first-order chi connectivity index (χ1) is 12.6. The van der Waals surface area contributed by atoms with Crippen LogP contribution in [0.15, 0.2) is 66.9 Å². The summed E-state index contributed by atoms with van der Waals surface area (Å²) in [5.74, 6) is 0. The van der Waals surface area contributed by atoms with Crippen LogP contribution in [-0.2, 0) is 6.42 Å². The largest absolute Gasteiger partial charge is 0.256 e. The quantitative estimate of drug-likeness (QED) is 0.473. The van der Waals surface area contributed by atoms with Gasteiger partial charge in [0, 0.05) is 11.8 Å². The van der Waals surface area contributed by atoms with Gasteiger partial charge in [-0.1, -0.05) is 95.0 Å². The van der Waals surface area contributed by atoms with E-state index in [1.165, 1.54) is 27.4 Å². The molecule has 0 radical (unpaired) electrons. The molecule has 0 aliphatic carbocycles. The molecule has 0 atom stereocenters. The molecule has 0 aliphatic rings. The zero-order chi connectivity index (χ0) is 19.7. The Labute approximate surface area is 165 Å². The molecule has 1 heterocycles. The zero-order valence-electron chi connectivity index (χ0n) is 17.5. The van der Waals surface area contributed by atoms with E-state index in [0.29, 0.717) is 0 Å². The van der Waals surface area contributed by atoms with Crippen molar-refractivity contribution in [3.05, 3.63) is 72.4 Å². The molecule has 140 valence electrons. The van der Waals surface area contributed by atoms with Crippen molar-refractivity contribution in [2.75, 3.05) is 0 Å². The van der Waals surface area contributed by atoms with Crippen LogP contribution in [0.1, 0.15) is 26.3 Å². The fourth-order valence-corrected chi connectivity index (χ4v) is 5.09. The first kappa shape index (κ1) is 19.6. The van der Waals surface area contributed by atoms with Gasteiger partial charge in [0.05, 0.1) is 13.8 Å². The molecule has 1 aromatic heterocycles. The molecule has 0 bridgehead atoms. The van der Waals surface area contributed by atoms with Crippen LogP contribution in [0.5, 0.6) is 0 Å². The van der Waals surface area contributed by atoms with Gasteiger partial charge in [-0.05, 0) is 39.8 Å². The Morgan fingerprint density at radius 1 is 0.778 bits per heavy atom. The lowest BCUT2D eigenvalue weighted by Crippen LogP contribution is -2.41. The number of hydrogen-bond acceptors (Lipinski definition) is 1. The summed E-state index contributed by atoms with van der Waals surface area (Å²) in [5.41, 5.74) is 6.50. The Morgan fingerprint density at radius 2 is 1.33 bits per heavy atom. The summed E-state index contributed by atoms with van der Waals surface area (Å²) in [6.45, 7) is 14.2. The van der Waals surface area contributed by atoms with Gasteiger partial charge in [-0.2, -0.15) is 0 Å². The number of nitrogens with zero attached hydrogens (tertiary/aromatic N) is 1. The summed E-state index contributed by atoms with van der Waals surface area (Å²) in [6.07, 6.45) is 3.23. The fraction of sp³-hybridized carbons (Fsp3) is 0.320. The van der Waals surface area contributed by atoms with Crippen molar-refractivity contribution >= 4 is 13.3 Å². The lowest BCUT2D eigenvalue weighted by atomic mass is 9.88. The molecule has 0 N–H and O–H groups in total. The maximum absolute atomic E-state index is 4.84. The zero-order valence-corrected chi connectivity index (χ0v) is 18.5. The van der Waals surface area contributed by atoms with Crippen LogP contribution in [0, 0.1) is 5.41 Å². The molecule has 2 aromatic carbocycles. The van der Waals surface area contributed by atoms with Crippen LogP contribution < -0.4 is 5.19 Å².